The van der Waals surface area contributed by atoms with E-state index >= 15 is 0 Å². The van der Waals surface area contributed by atoms with Gasteiger partial charge in [0.2, 0.25) is 0 Å². The van der Waals surface area contributed by atoms with E-state index in [2.05, 4.69) is 54.5 Å². The highest BCUT2D eigenvalue weighted by atomic mass is 15.2. The number of rotatable bonds is 4. The molecule has 0 bridgehead atoms. The van der Waals surface area contributed by atoms with Crippen molar-refractivity contribution in [3.05, 3.63) is 30.1 Å². The molecule has 3 heteroatoms. The lowest BCUT2D eigenvalue weighted by molar-refractivity contribution is 0.165. The smallest absolute Gasteiger partial charge is 0.127 e. The number of benzene rings is 1. The number of aromatic nitrogens is 2. The number of para-hydroxylation sites is 2. The highest BCUT2D eigenvalue weighted by molar-refractivity contribution is 5.76. The van der Waals surface area contributed by atoms with Crippen LogP contribution in [0.15, 0.2) is 24.3 Å². The second kappa shape index (κ2) is 6.18. The van der Waals surface area contributed by atoms with Crippen molar-refractivity contribution in [3.8, 4) is 0 Å². The van der Waals surface area contributed by atoms with Crippen LogP contribution in [-0.2, 0) is 6.54 Å². The SMILES string of the molecule is CC(C)Cn1c([C@H](C)N2CCCCC2)nc2ccccc21. The van der Waals surface area contributed by atoms with Gasteiger partial charge in [-0.05, 0) is 50.9 Å². The topological polar surface area (TPSA) is 21.1 Å². The Morgan fingerprint density at radius 2 is 1.76 bits per heavy atom. The van der Waals surface area contributed by atoms with Gasteiger partial charge in [-0.15, -0.1) is 0 Å². The van der Waals surface area contributed by atoms with Gasteiger partial charge in [0.1, 0.15) is 5.82 Å². The van der Waals surface area contributed by atoms with Crippen molar-refractivity contribution in [2.24, 2.45) is 5.92 Å². The zero-order chi connectivity index (χ0) is 14.8. The minimum absolute atomic E-state index is 0.413. The van der Waals surface area contributed by atoms with Gasteiger partial charge in [0.25, 0.3) is 0 Å². The Morgan fingerprint density at radius 3 is 2.48 bits per heavy atom. The molecule has 3 rings (SSSR count). The lowest BCUT2D eigenvalue weighted by Crippen LogP contribution is -2.33. The zero-order valence-electron chi connectivity index (χ0n) is 13.5. The minimum Gasteiger partial charge on any atom is -0.326 e. The Labute approximate surface area is 128 Å². The summed E-state index contributed by atoms with van der Waals surface area (Å²) < 4.78 is 2.44. The molecule has 0 saturated carbocycles. The number of hydrogen-bond acceptors (Lipinski definition) is 2. The van der Waals surface area contributed by atoms with E-state index in [4.69, 9.17) is 4.98 Å². The molecule has 1 saturated heterocycles. The summed E-state index contributed by atoms with van der Waals surface area (Å²) in [6.45, 7) is 10.4. The van der Waals surface area contributed by atoms with Gasteiger partial charge in [0.15, 0.2) is 0 Å². The number of imidazole rings is 1. The van der Waals surface area contributed by atoms with Crippen LogP contribution in [0.4, 0.5) is 0 Å². The van der Waals surface area contributed by atoms with E-state index in [0.29, 0.717) is 12.0 Å². The molecule has 1 aliphatic rings. The quantitative estimate of drug-likeness (QED) is 0.838. The van der Waals surface area contributed by atoms with E-state index in [1.54, 1.807) is 0 Å². The van der Waals surface area contributed by atoms with Crippen molar-refractivity contribution in [3.63, 3.8) is 0 Å². The van der Waals surface area contributed by atoms with Crippen LogP contribution < -0.4 is 0 Å². The summed E-state index contributed by atoms with van der Waals surface area (Å²) in [5.41, 5.74) is 2.42. The van der Waals surface area contributed by atoms with E-state index in [-0.39, 0.29) is 0 Å². The largest absolute Gasteiger partial charge is 0.326 e. The first kappa shape index (κ1) is 14.6. The van der Waals surface area contributed by atoms with E-state index in [1.165, 1.54) is 43.7 Å². The average molecular weight is 285 g/mol. The molecule has 0 spiro atoms. The van der Waals surface area contributed by atoms with Crippen molar-refractivity contribution >= 4 is 11.0 Å². The van der Waals surface area contributed by atoms with Gasteiger partial charge in [-0.1, -0.05) is 32.4 Å². The molecular formula is C18H27N3. The van der Waals surface area contributed by atoms with Gasteiger partial charge in [-0.25, -0.2) is 4.98 Å². The molecule has 2 aromatic rings. The molecule has 0 aliphatic carbocycles. The number of hydrogen-bond donors (Lipinski definition) is 0. The van der Waals surface area contributed by atoms with Crippen LogP contribution in [0.3, 0.4) is 0 Å². The molecule has 21 heavy (non-hydrogen) atoms. The summed E-state index contributed by atoms with van der Waals surface area (Å²) in [6.07, 6.45) is 4.04. The Bertz CT molecular complexity index is 594. The highest BCUT2D eigenvalue weighted by Gasteiger charge is 2.23. The van der Waals surface area contributed by atoms with Crippen LogP contribution in [0.5, 0.6) is 0 Å². The van der Waals surface area contributed by atoms with E-state index in [0.717, 1.165) is 12.1 Å². The highest BCUT2D eigenvalue weighted by Crippen LogP contribution is 2.27. The number of fused-ring (bicyclic) bond motifs is 1. The second-order valence-corrected chi connectivity index (χ2v) is 6.74. The molecule has 0 radical (unpaired) electrons. The van der Waals surface area contributed by atoms with Crippen LogP contribution in [0.25, 0.3) is 11.0 Å². The summed E-state index contributed by atoms with van der Waals surface area (Å²) in [4.78, 5) is 7.56. The van der Waals surface area contributed by atoms with Gasteiger partial charge in [0.05, 0.1) is 17.1 Å². The van der Waals surface area contributed by atoms with Crippen LogP contribution in [0, 0.1) is 5.92 Å². The summed E-state index contributed by atoms with van der Waals surface area (Å²) in [6, 6.07) is 8.97. The van der Waals surface area contributed by atoms with Crippen molar-refractivity contribution in [2.45, 2.75) is 52.6 Å². The number of nitrogens with zero attached hydrogens (tertiary/aromatic N) is 3. The van der Waals surface area contributed by atoms with E-state index in [1.807, 2.05) is 0 Å². The average Bonchev–Trinajstić information content (AvgIpc) is 2.86. The fraction of sp³-hybridized carbons (Fsp3) is 0.611. The molecule has 0 N–H and O–H groups in total. The minimum atomic E-state index is 0.413. The van der Waals surface area contributed by atoms with Crippen LogP contribution >= 0.6 is 0 Å². The number of likely N-dealkylation sites (tertiary alicyclic amines) is 1. The summed E-state index contributed by atoms with van der Waals surface area (Å²) in [5.74, 6) is 1.88. The molecule has 1 aliphatic heterocycles. The third-order valence-electron chi connectivity index (χ3n) is 4.54. The molecule has 2 heterocycles. The zero-order valence-corrected chi connectivity index (χ0v) is 13.5. The first-order valence-electron chi connectivity index (χ1n) is 8.36. The molecule has 1 atom stereocenters. The Morgan fingerprint density at radius 1 is 1.05 bits per heavy atom. The fourth-order valence-electron chi connectivity index (χ4n) is 3.44. The second-order valence-electron chi connectivity index (χ2n) is 6.74. The van der Waals surface area contributed by atoms with Crippen molar-refractivity contribution in [1.29, 1.82) is 0 Å². The van der Waals surface area contributed by atoms with Crippen molar-refractivity contribution < 1.29 is 0 Å². The summed E-state index contributed by atoms with van der Waals surface area (Å²) >= 11 is 0. The first-order valence-corrected chi connectivity index (χ1v) is 8.36. The van der Waals surface area contributed by atoms with E-state index in [9.17, 15) is 0 Å². The van der Waals surface area contributed by atoms with Gasteiger partial charge in [0, 0.05) is 6.54 Å². The molecular weight excluding hydrogens is 258 g/mol. The summed E-state index contributed by atoms with van der Waals surface area (Å²) in [5, 5.41) is 0. The van der Waals surface area contributed by atoms with Gasteiger partial charge < -0.3 is 4.57 Å². The Hall–Kier alpha value is -1.35. The fourth-order valence-corrected chi connectivity index (χ4v) is 3.44. The van der Waals surface area contributed by atoms with Gasteiger partial charge in [-0.3, -0.25) is 4.90 Å². The maximum Gasteiger partial charge on any atom is 0.127 e. The lowest BCUT2D eigenvalue weighted by atomic mass is 10.1. The molecule has 114 valence electrons. The van der Waals surface area contributed by atoms with Crippen molar-refractivity contribution in [2.75, 3.05) is 13.1 Å². The third kappa shape index (κ3) is 2.98. The molecule has 0 unspecified atom stereocenters. The van der Waals surface area contributed by atoms with Crippen LogP contribution in [0.1, 0.15) is 51.9 Å². The molecule has 1 aromatic heterocycles. The van der Waals surface area contributed by atoms with Crippen LogP contribution in [0.2, 0.25) is 0 Å². The monoisotopic (exact) mass is 285 g/mol. The third-order valence-corrected chi connectivity index (χ3v) is 4.54. The maximum absolute atomic E-state index is 4.96. The number of piperidine rings is 1. The predicted molar refractivity (Wildman–Crippen MR) is 88.4 cm³/mol. The summed E-state index contributed by atoms with van der Waals surface area (Å²) in [7, 11) is 0. The molecule has 3 nitrogen and oxygen atoms in total. The molecule has 1 aromatic carbocycles. The predicted octanol–water partition coefficient (Wildman–Crippen LogP) is 4.24. The van der Waals surface area contributed by atoms with Crippen LogP contribution in [-0.4, -0.2) is 27.5 Å². The Kier molecular flexibility index (Phi) is 4.29. The Balaban J connectivity index is 1.99. The van der Waals surface area contributed by atoms with Gasteiger partial charge >= 0.3 is 0 Å². The maximum atomic E-state index is 4.96. The molecule has 0 amide bonds. The first-order chi connectivity index (χ1) is 10.2. The molecule has 1 fully saturated rings. The van der Waals surface area contributed by atoms with E-state index < -0.39 is 0 Å². The van der Waals surface area contributed by atoms with Gasteiger partial charge in [-0.2, -0.15) is 0 Å². The normalized spacial score (nSPS) is 18.5. The lowest BCUT2D eigenvalue weighted by Gasteiger charge is -2.32. The van der Waals surface area contributed by atoms with Crippen molar-refractivity contribution in [1.82, 2.24) is 14.5 Å². The standard InChI is InChI=1S/C18H27N3/c1-14(2)13-21-17-10-6-5-9-16(17)19-18(21)15(3)20-11-7-4-8-12-20/h5-6,9-10,14-15H,4,7-8,11-13H2,1-3H3/t15-/m0/s1.